The molecule has 27 heavy (non-hydrogen) atoms. The quantitative estimate of drug-likeness (QED) is 0.775. The molecular formula is C21H18FN3O2. The van der Waals surface area contributed by atoms with E-state index in [1.54, 1.807) is 18.1 Å². The smallest absolute Gasteiger partial charge is 0.230 e. The van der Waals surface area contributed by atoms with Crippen molar-refractivity contribution in [2.24, 2.45) is 0 Å². The fourth-order valence-electron chi connectivity index (χ4n) is 3.56. The van der Waals surface area contributed by atoms with Crippen LogP contribution < -0.4 is 5.32 Å². The Kier molecular flexibility index (Phi) is 4.32. The number of likely N-dealkylation sites (N-methyl/N-ethyl adjacent to an activating group) is 1. The zero-order valence-corrected chi connectivity index (χ0v) is 14.8. The Morgan fingerprint density at radius 2 is 2.11 bits per heavy atom. The van der Waals surface area contributed by atoms with Crippen molar-refractivity contribution in [3.63, 3.8) is 0 Å². The van der Waals surface area contributed by atoms with Gasteiger partial charge in [-0.25, -0.2) is 4.39 Å². The largest absolute Gasteiger partial charge is 0.341 e. The topological polar surface area (TPSA) is 62.3 Å². The fourth-order valence-corrected chi connectivity index (χ4v) is 3.56. The van der Waals surface area contributed by atoms with Crippen LogP contribution in [-0.4, -0.2) is 28.7 Å². The van der Waals surface area contributed by atoms with E-state index in [4.69, 9.17) is 0 Å². The van der Waals surface area contributed by atoms with Gasteiger partial charge < -0.3 is 10.2 Å². The number of rotatable bonds is 3. The molecule has 1 unspecified atom stereocenters. The van der Waals surface area contributed by atoms with Crippen LogP contribution in [0, 0.1) is 5.82 Å². The Morgan fingerprint density at radius 1 is 1.26 bits per heavy atom. The lowest BCUT2D eigenvalue weighted by Crippen LogP contribution is -2.36. The Balaban J connectivity index is 1.63. The van der Waals surface area contributed by atoms with Crippen molar-refractivity contribution in [3.05, 3.63) is 71.7 Å². The summed E-state index contributed by atoms with van der Waals surface area (Å²) in [4.78, 5) is 31.0. The standard InChI is InChI=1S/C21H18FN3O2/c1-25(12-13-4-2-6-18-15(13)5-3-9-23-18)21(27)17-11-20(26)24-19-8-7-14(22)10-16(17)19/h2-10,17H,11-12H2,1H3,(H,24,26). The maximum absolute atomic E-state index is 13.7. The summed E-state index contributed by atoms with van der Waals surface area (Å²) in [6.07, 6.45) is 1.74. The van der Waals surface area contributed by atoms with Gasteiger partial charge >= 0.3 is 0 Å². The first-order chi connectivity index (χ1) is 13.0. The van der Waals surface area contributed by atoms with Crippen LogP contribution in [0.5, 0.6) is 0 Å². The zero-order chi connectivity index (χ0) is 19.0. The molecule has 1 N–H and O–H groups in total. The second kappa shape index (κ2) is 6.79. The van der Waals surface area contributed by atoms with E-state index in [0.717, 1.165) is 16.5 Å². The summed E-state index contributed by atoms with van der Waals surface area (Å²) < 4.78 is 13.7. The molecule has 0 aliphatic carbocycles. The number of benzene rings is 2. The van der Waals surface area contributed by atoms with Crippen molar-refractivity contribution in [3.8, 4) is 0 Å². The number of aromatic nitrogens is 1. The van der Waals surface area contributed by atoms with Gasteiger partial charge in [0, 0.05) is 37.3 Å². The number of nitrogens with one attached hydrogen (secondary N) is 1. The molecule has 4 rings (SSSR count). The van der Waals surface area contributed by atoms with Crippen molar-refractivity contribution >= 4 is 28.4 Å². The highest BCUT2D eigenvalue weighted by Crippen LogP contribution is 2.34. The van der Waals surface area contributed by atoms with Gasteiger partial charge in [-0.05, 0) is 41.5 Å². The van der Waals surface area contributed by atoms with Crippen LogP contribution >= 0.6 is 0 Å². The average Bonchev–Trinajstić information content (AvgIpc) is 2.67. The van der Waals surface area contributed by atoms with E-state index in [-0.39, 0.29) is 18.2 Å². The highest BCUT2D eigenvalue weighted by Gasteiger charge is 2.33. The Bertz CT molecular complexity index is 1050. The number of carbonyl (C=O) groups is 2. The molecule has 1 aliphatic rings. The number of anilines is 1. The molecule has 0 saturated heterocycles. The number of hydrogen-bond acceptors (Lipinski definition) is 3. The predicted octanol–water partition coefficient (Wildman–Crippen LogP) is 3.46. The maximum Gasteiger partial charge on any atom is 0.230 e. The third kappa shape index (κ3) is 3.26. The summed E-state index contributed by atoms with van der Waals surface area (Å²) in [5, 5.41) is 3.68. The van der Waals surface area contributed by atoms with Gasteiger partial charge in [0.2, 0.25) is 11.8 Å². The van der Waals surface area contributed by atoms with Gasteiger partial charge in [-0.15, -0.1) is 0 Å². The molecule has 3 aromatic rings. The van der Waals surface area contributed by atoms with Gasteiger partial charge in [0.1, 0.15) is 5.82 Å². The number of carbonyl (C=O) groups excluding carboxylic acids is 2. The van der Waals surface area contributed by atoms with Crippen molar-refractivity contribution in [2.75, 3.05) is 12.4 Å². The summed E-state index contributed by atoms with van der Waals surface area (Å²) in [5.41, 5.74) is 2.84. The molecule has 0 saturated carbocycles. The second-order valence-electron chi connectivity index (χ2n) is 6.72. The zero-order valence-electron chi connectivity index (χ0n) is 14.8. The first kappa shape index (κ1) is 17.1. The number of amides is 2. The molecule has 2 amide bonds. The van der Waals surface area contributed by atoms with Gasteiger partial charge in [0.05, 0.1) is 11.4 Å². The second-order valence-corrected chi connectivity index (χ2v) is 6.72. The molecule has 0 fully saturated rings. The molecule has 1 aliphatic heterocycles. The Hall–Kier alpha value is -3.28. The van der Waals surface area contributed by atoms with E-state index >= 15 is 0 Å². The summed E-state index contributed by atoms with van der Waals surface area (Å²) in [6, 6.07) is 13.7. The van der Waals surface area contributed by atoms with Crippen LogP contribution in [0.4, 0.5) is 10.1 Å². The molecule has 1 atom stereocenters. The molecule has 5 nitrogen and oxygen atoms in total. The number of pyridine rings is 1. The van der Waals surface area contributed by atoms with Crippen LogP contribution in [0.15, 0.2) is 54.7 Å². The van der Waals surface area contributed by atoms with Gasteiger partial charge in [0.25, 0.3) is 0 Å². The summed E-state index contributed by atoms with van der Waals surface area (Å²) in [6.45, 7) is 0.380. The van der Waals surface area contributed by atoms with Crippen LogP contribution in [-0.2, 0) is 16.1 Å². The SMILES string of the molecule is CN(Cc1cccc2ncccc12)C(=O)C1CC(=O)Nc2ccc(F)cc21. The van der Waals surface area contributed by atoms with E-state index in [1.165, 1.54) is 18.2 Å². The molecule has 0 radical (unpaired) electrons. The van der Waals surface area contributed by atoms with Crippen molar-refractivity contribution in [1.82, 2.24) is 9.88 Å². The third-order valence-electron chi connectivity index (χ3n) is 4.87. The third-order valence-corrected chi connectivity index (χ3v) is 4.87. The van der Waals surface area contributed by atoms with E-state index in [0.29, 0.717) is 17.8 Å². The average molecular weight is 363 g/mol. The van der Waals surface area contributed by atoms with E-state index < -0.39 is 11.7 Å². The summed E-state index contributed by atoms with van der Waals surface area (Å²) in [5.74, 6) is -1.57. The summed E-state index contributed by atoms with van der Waals surface area (Å²) in [7, 11) is 1.70. The van der Waals surface area contributed by atoms with Gasteiger partial charge in [-0.1, -0.05) is 18.2 Å². The van der Waals surface area contributed by atoms with Crippen LogP contribution in [0.3, 0.4) is 0 Å². The van der Waals surface area contributed by atoms with E-state index in [9.17, 15) is 14.0 Å². The lowest BCUT2D eigenvalue weighted by atomic mass is 9.89. The Morgan fingerprint density at radius 3 is 2.96 bits per heavy atom. The molecule has 2 aromatic carbocycles. The number of hydrogen-bond donors (Lipinski definition) is 1. The molecule has 1 aromatic heterocycles. The fraction of sp³-hybridized carbons (Fsp3) is 0.190. The molecular weight excluding hydrogens is 345 g/mol. The molecule has 136 valence electrons. The van der Waals surface area contributed by atoms with Crippen LogP contribution in [0.1, 0.15) is 23.5 Å². The molecule has 2 heterocycles. The normalized spacial score (nSPS) is 15.9. The first-order valence-corrected chi connectivity index (χ1v) is 8.70. The minimum Gasteiger partial charge on any atom is -0.341 e. The van der Waals surface area contributed by atoms with Crippen molar-refractivity contribution in [1.29, 1.82) is 0 Å². The van der Waals surface area contributed by atoms with Crippen molar-refractivity contribution in [2.45, 2.75) is 18.9 Å². The van der Waals surface area contributed by atoms with Crippen molar-refractivity contribution < 1.29 is 14.0 Å². The highest BCUT2D eigenvalue weighted by atomic mass is 19.1. The Labute approximate surface area is 155 Å². The van der Waals surface area contributed by atoms with E-state index in [2.05, 4.69) is 10.3 Å². The van der Waals surface area contributed by atoms with Gasteiger partial charge in [-0.2, -0.15) is 0 Å². The number of fused-ring (bicyclic) bond motifs is 2. The molecule has 0 spiro atoms. The molecule has 6 heteroatoms. The predicted molar refractivity (Wildman–Crippen MR) is 101 cm³/mol. The lowest BCUT2D eigenvalue weighted by molar-refractivity contribution is -0.134. The van der Waals surface area contributed by atoms with Crippen LogP contribution in [0.2, 0.25) is 0 Å². The van der Waals surface area contributed by atoms with Gasteiger partial charge in [-0.3, -0.25) is 14.6 Å². The highest BCUT2D eigenvalue weighted by molar-refractivity contribution is 6.01. The van der Waals surface area contributed by atoms with Crippen LogP contribution in [0.25, 0.3) is 10.9 Å². The monoisotopic (exact) mass is 363 g/mol. The molecule has 0 bridgehead atoms. The minimum atomic E-state index is -0.692. The summed E-state index contributed by atoms with van der Waals surface area (Å²) >= 11 is 0. The van der Waals surface area contributed by atoms with Gasteiger partial charge in [0.15, 0.2) is 0 Å². The minimum absolute atomic E-state index is 0.0106. The maximum atomic E-state index is 13.7. The first-order valence-electron chi connectivity index (χ1n) is 8.70. The number of nitrogens with zero attached hydrogens (tertiary/aromatic N) is 2. The number of halogens is 1. The van der Waals surface area contributed by atoms with E-state index in [1.807, 2.05) is 30.3 Å². The lowest BCUT2D eigenvalue weighted by Gasteiger charge is -2.29.